The van der Waals surface area contributed by atoms with Gasteiger partial charge >= 0.3 is 0 Å². The summed E-state index contributed by atoms with van der Waals surface area (Å²) < 4.78 is 1.88. The standard InChI is InChI=1S/C6H3ClIN3O/c7-4-3(8)5(12)11-2-1-9-6(11)10-4/h1-2H,(H,9,10). The molecular formula is C6H3ClIN3O. The molecule has 2 aromatic heterocycles. The van der Waals surface area contributed by atoms with Crippen LogP contribution in [-0.2, 0) is 0 Å². The van der Waals surface area contributed by atoms with Gasteiger partial charge in [0, 0.05) is 12.4 Å². The molecule has 0 unspecified atom stereocenters. The quantitative estimate of drug-likeness (QED) is 0.588. The molecule has 0 radical (unpaired) electrons. The summed E-state index contributed by atoms with van der Waals surface area (Å²) in [5.41, 5.74) is -0.146. The highest BCUT2D eigenvalue weighted by molar-refractivity contribution is 14.1. The van der Waals surface area contributed by atoms with Crippen molar-refractivity contribution in [3.8, 4) is 0 Å². The molecule has 0 aliphatic heterocycles. The summed E-state index contributed by atoms with van der Waals surface area (Å²) in [4.78, 5) is 18.1. The van der Waals surface area contributed by atoms with Gasteiger partial charge in [0.2, 0.25) is 5.78 Å². The highest BCUT2D eigenvalue weighted by Crippen LogP contribution is 2.11. The number of halogens is 2. The van der Waals surface area contributed by atoms with Crippen LogP contribution in [0.4, 0.5) is 0 Å². The number of H-pyrrole nitrogens is 1. The van der Waals surface area contributed by atoms with Crippen LogP contribution in [0.3, 0.4) is 0 Å². The number of fused-ring (bicyclic) bond motifs is 1. The molecule has 62 valence electrons. The van der Waals surface area contributed by atoms with E-state index in [2.05, 4.69) is 9.97 Å². The lowest BCUT2D eigenvalue weighted by molar-refractivity contribution is 1.04. The first-order valence-corrected chi connectivity index (χ1v) is 4.56. The van der Waals surface area contributed by atoms with Crippen molar-refractivity contribution in [3.63, 3.8) is 0 Å². The highest BCUT2D eigenvalue weighted by atomic mass is 127. The third-order valence-electron chi connectivity index (χ3n) is 1.46. The molecule has 2 heterocycles. The summed E-state index contributed by atoms with van der Waals surface area (Å²) in [6.07, 6.45) is 3.13. The first-order chi connectivity index (χ1) is 5.70. The molecule has 0 aliphatic carbocycles. The zero-order chi connectivity index (χ0) is 8.72. The first-order valence-electron chi connectivity index (χ1n) is 3.10. The zero-order valence-corrected chi connectivity index (χ0v) is 8.63. The Morgan fingerprint density at radius 3 is 3.17 bits per heavy atom. The van der Waals surface area contributed by atoms with Gasteiger partial charge in [-0.2, -0.15) is 0 Å². The van der Waals surface area contributed by atoms with Crippen LogP contribution in [0.5, 0.6) is 0 Å². The van der Waals surface area contributed by atoms with Crippen LogP contribution in [0.25, 0.3) is 5.78 Å². The second-order valence-corrected chi connectivity index (χ2v) is 3.64. The van der Waals surface area contributed by atoms with E-state index in [1.165, 1.54) is 4.40 Å². The molecule has 0 aromatic carbocycles. The van der Waals surface area contributed by atoms with Crippen LogP contribution in [0.2, 0.25) is 5.15 Å². The fourth-order valence-corrected chi connectivity index (χ4v) is 1.47. The molecule has 12 heavy (non-hydrogen) atoms. The lowest BCUT2D eigenvalue weighted by Crippen LogP contribution is -2.16. The maximum Gasteiger partial charge on any atom is 0.273 e. The monoisotopic (exact) mass is 295 g/mol. The summed E-state index contributed by atoms with van der Waals surface area (Å²) in [6.45, 7) is 0. The van der Waals surface area contributed by atoms with Gasteiger partial charge in [0.15, 0.2) is 0 Å². The Hall–Kier alpha value is -0.560. The predicted octanol–water partition coefficient (Wildman–Crippen LogP) is 1.28. The molecule has 0 aliphatic rings. The number of aromatic nitrogens is 3. The van der Waals surface area contributed by atoms with Crippen LogP contribution in [0.15, 0.2) is 17.2 Å². The second kappa shape index (κ2) is 2.74. The Balaban J connectivity index is 3.05. The van der Waals surface area contributed by atoms with Gasteiger partial charge in [-0.15, -0.1) is 0 Å². The van der Waals surface area contributed by atoms with Gasteiger partial charge in [-0.3, -0.25) is 9.20 Å². The van der Waals surface area contributed by atoms with Crippen LogP contribution < -0.4 is 5.56 Å². The number of rotatable bonds is 0. The van der Waals surface area contributed by atoms with Crippen LogP contribution >= 0.6 is 34.2 Å². The van der Waals surface area contributed by atoms with Gasteiger partial charge in [0.05, 0.1) is 0 Å². The number of hydrogen-bond donors (Lipinski definition) is 1. The maximum absolute atomic E-state index is 11.4. The number of hydrogen-bond acceptors (Lipinski definition) is 2. The lowest BCUT2D eigenvalue weighted by atomic mass is 10.6. The van der Waals surface area contributed by atoms with E-state index >= 15 is 0 Å². The smallest absolute Gasteiger partial charge is 0.273 e. The number of nitrogens with zero attached hydrogens (tertiary/aromatic N) is 2. The summed E-state index contributed by atoms with van der Waals surface area (Å²) in [7, 11) is 0. The molecule has 0 spiro atoms. The Morgan fingerprint density at radius 2 is 2.42 bits per heavy atom. The van der Waals surface area contributed by atoms with Gasteiger partial charge < -0.3 is 4.98 Å². The molecular weight excluding hydrogens is 292 g/mol. The van der Waals surface area contributed by atoms with Gasteiger partial charge in [0.1, 0.15) is 8.72 Å². The van der Waals surface area contributed by atoms with E-state index in [9.17, 15) is 4.79 Å². The Labute approximate surface area is 85.7 Å². The van der Waals surface area contributed by atoms with Gasteiger partial charge in [-0.1, -0.05) is 11.6 Å². The second-order valence-electron chi connectivity index (χ2n) is 2.18. The SMILES string of the molecule is O=c1c(I)c(Cl)[nH]c2nccn12. The molecule has 0 amide bonds. The van der Waals surface area contributed by atoms with Crippen molar-refractivity contribution in [2.45, 2.75) is 0 Å². The molecule has 0 saturated carbocycles. The van der Waals surface area contributed by atoms with E-state index in [1.807, 2.05) is 22.6 Å². The molecule has 2 aromatic rings. The molecule has 0 bridgehead atoms. The molecule has 4 nitrogen and oxygen atoms in total. The summed E-state index contributed by atoms with van der Waals surface area (Å²) in [5.74, 6) is 0.463. The van der Waals surface area contributed by atoms with Crippen molar-refractivity contribution < 1.29 is 0 Å². The van der Waals surface area contributed by atoms with E-state index in [0.717, 1.165) is 0 Å². The largest absolute Gasteiger partial charge is 0.315 e. The topological polar surface area (TPSA) is 50.2 Å². The normalized spacial score (nSPS) is 10.8. The van der Waals surface area contributed by atoms with Crippen molar-refractivity contribution in [2.24, 2.45) is 0 Å². The summed E-state index contributed by atoms with van der Waals surface area (Å²) in [5, 5.41) is 0.333. The fourth-order valence-electron chi connectivity index (χ4n) is 0.912. The minimum atomic E-state index is -0.146. The molecule has 2 rings (SSSR count). The minimum absolute atomic E-state index is 0.146. The number of nitrogens with one attached hydrogen (secondary N) is 1. The fraction of sp³-hybridized carbons (Fsp3) is 0. The van der Waals surface area contributed by atoms with E-state index < -0.39 is 0 Å². The van der Waals surface area contributed by atoms with Crippen molar-refractivity contribution in [1.29, 1.82) is 0 Å². The van der Waals surface area contributed by atoms with Crippen molar-refractivity contribution in [2.75, 3.05) is 0 Å². The van der Waals surface area contributed by atoms with Gasteiger partial charge in [-0.05, 0) is 22.6 Å². The van der Waals surface area contributed by atoms with Crippen molar-refractivity contribution in [1.82, 2.24) is 14.4 Å². The van der Waals surface area contributed by atoms with E-state index in [1.54, 1.807) is 12.4 Å². The molecule has 0 atom stereocenters. The predicted molar refractivity (Wildman–Crippen MR) is 53.5 cm³/mol. The Morgan fingerprint density at radius 1 is 1.67 bits per heavy atom. The number of aromatic amines is 1. The average molecular weight is 295 g/mol. The zero-order valence-electron chi connectivity index (χ0n) is 5.71. The Bertz CT molecular complexity index is 489. The molecule has 0 saturated heterocycles. The summed E-state index contributed by atoms with van der Waals surface area (Å²) >= 11 is 7.62. The van der Waals surface area contributed by atoms with Crippen molar-refractivity contribution >= 4 is 40.0 Å². The van der Waals surface area contributed by atoms with Crippen LogP contribution in [-0.4, -0.2) is 14.4 Å². The summed E-state index contributed by atoms with van der Waals surface area (Å²) in [6, 6.07) is 0. The average Bonchev–Trinajstić information content (AvgIpc) is 2.48. The third kappa shape index (κ3) is 1.04. The highest BCUT2D eigenvalue weighted by Gasteiger charge is 2.06. The third-order valence-corrected chi connectivity index (χ3v) is 3.06. The maximum atomic E-state index is 11.4. The molecule has 1 N–H and O–H groups in total. The molecule has 0 fully saturated rings. The number of imidazole rings is 1. The van der Waals surface area contributed by atoms with E-state index in [0.29, 0.717) is 14.5 Å². The minimum Gasteiger partial charge on any atom is -0.315 e. The van der Waals surface area contributed by atoms with Crippen LogP contribution in [0, 0.1) is 3.57 Å². The van der Waals surface area contributed by atoms with Crippen molar-refractivity contribution in [3.05, 3.63) is 31.5 Å². The Kier molecular flexibility index (Phi) is 1.84. The lowest BCUT2D eigenvalue weighted by Gasteiger charge is -1.96. The van der Waals surface area contributed by atoms with Gasteiger partial charge in [-0.25, -0.2) is 4.98 Å². The van der Waals surface area contributed by atoms with Crippen LogP contribution in [0.1, 0.15) is 0 Å². The van der Waals surface area contributed by atoms with Gasteiger partial charge in [0.25, 0.3) is 5.56 Å². The molecule has 6 heteroatoms. The van der Waals surface area contributed by atoms with E-state index in [4.69, 9.17) is 11.6 Å². The van der Waals surface area contributed by atoms with E-state index in [-0.39, 0.29) is 5.56 Å². The first kappa shape index (κ1) is 8.06.